The molecular weight excluding hydrogens is 222 g/mol. The van der Waals surface area contributed by atoms with Gasteiger partial charge in [-0.15, -0.1) is 11.3 Å². The number of anilines is 1. The maximum absolute atomic E-state index is 12.0. The Labute approximate surface area is 99.5 Å². The van der Waals surface area contributed by atoms with Gasteiger partial charge in [0.05, 0.1) is 0 Å². The van der Waals surface area contributed by atoms with Crippen molar-refractivity contribution in [2.45, 2.75) is 26.2 Å². The van der Waals surface area contributed by atoms with Crippen LogP contribution in [0.1, 0.15) is 36.7 Å². The monoisotopic (exact) mass is 239 g/mol. The highest BCUT2D eigenvalue weighted by Gasteiger charge is 2.23. The minimum absolute atomic E-state index is 0.0301. The van der Waals surface area contributed by atoms with Crippen molar-refractivity contribution in [2.24, 2.45) is 5.92 Å². The van der Waals surface area contributed by atoms with E-state index in [2.05, 4.69) is 11.9 Å². The van der Waals surface area contributed by atoms with Crippen LogP contribution in [0.15, 0.2) is 5.38 Å². The normalized spacial score (nSPS) is 17.7. The molecule has 0 radical (unpaired) electrons. The molecule has 0 aromatic carbocycles. The zero-order valence-electron chi connectivity index (χ0n) is 9.48. The SMILES string of the molecule is CCC1CCN(C(=O)c2csc(N)n2)CC1. The molecule has 16 heavy (non-hydrogen) atoms. The molecule has 2 N–H and O–H groups in total. The highest BCUT2D eigenvalue weighted by molar-refractivity contribution is 7.13. The second kappa shape index (κ2) is 4.82. The van der Waals surface area contributed by atoms with Crippen molar-refractivity contribution in [1.29, 1.82) is 0 Å². The number of nitrogens with two attached hydrogens (primary N) is 1. The fourth-order valence-electron chi connectivity index (χ4n) is 2.09. The minimum atomic E-state index is 0.0301. The number of piperidine rings is 1. The number of thiazole rings is 1. The molecule has 1 saturated heterocycles. The van der Waals surface area contributed by atoms with Crippen LogP contribution in [0.5, 0.6) is 0 Å². The Balaban J connectivity index is 1.96. The first-order chi connectivity index (χ1) is 7.70. The van der Waals surface area contributed by atoms with E-state index in [4.69, 9.17) is 5.73 Å². The second-order valence-electron chi connectivity index (χ2n) is 4.21. The topological polar surface area (TPSA) is 59.2 Å². The van der Waals surface area contributed by atoms with Crippen LogP contribution in [-0.4, -0.2) is 28.9 Å². The molecule has 2 rings (SSSR count). The van der Waals surface area contributed by atoms with Crippen LogP contribution in [0.4, 0.5) is 5.13 Å². The van der Waals surface area contributed by atoms with Crippen molar-refractivity contribution in [3.05, 3.63) is 11.1 Å². The van der Waals surface area contributed by atoms with E-state index in [9.17, 15) is 4.79 Å². The summed E-state index contributed by atoms with van der Waals surface area (Å²) in [6, 6.07) is 0. The summed E-state index contributed by atoms with van der Waals surface area (Å²) in [7, 11) is 0. The van der Waals surface area contributed by atoms with Crippen molar-refractivity contribution in [1.82, 2.24) is 9.88 Å². The summed E-state index contributed by atoms with van der Waals surface area (Å²) < 4.78 is 0. The Morgan fingerprint density at radius 2 is 2.31 bits per heavy atom. The minimum Gasteiger partial charge on any atom is -0.375 e. The van der Waals surface area contributed by atoms with Gasteiger partial charge in [0.15, 0.2) is 5.13 Å². The maximum atomic E-state index is 12.0. The van der Waals surface area contributed by atoms with Gasteiger partial charge in [-0.3, -0.25) is 4.79 Å². The Bertz CT molecular complexity index is 369. The van der Waals surface area contributed by atoms with E-state index in [0.29, 0.717) is 10.8 Å². The van der Waals surface area contributed by atoms with E-state index in [-0.39, 0.29) is 5.91 Å². The van der Waals surface area contributed by atoms with Gasteiger partial charge in [-0.25, -0.2) is 4.98 Å². The summed E-state index contributed by atoms with van der Waals surface area (Å²) in [6.07, 6.45) is 3.44. The lowest BCUT2D eigenvalue weighted by molar-refractivity contribution is 0.0684. The molecule has 1 fully saturated rings. The molecule has 1 amide bonds. The van der Waals surface area contributed by atoms with Gasteiger partial charge in [0, 0.05) is 18.5 Å². The van der Waals surface area contributed by atoms with E-state index in [1.54, 1.807) is 5.38 Å². The first-order valence-corrected chi connectivity index (χ1v) is 6.59. The predicted molar refractivity (Wildman–Crippen MR) is 65.4 cm³/mol. The lowest BCUT2D eigenvalue weighted by Crippen LogP contribution is -2.38. The van der Waals surface area contributed by atoms with Crippen LogP contribution in [0.3, 0.4) is 0 Å². The van der Waals surface area contributed by atoms with Gasteiger partial charge < -0.3 is 10.6 Å². The molecule has 0 saturated carbocycles. The van der Waals surface area contributed by atoms with Crippen LogP contribution in [0, 0.1) is 5.92 Å². The smallest absolute Gasteiger partial charge is 0.273 e. The highest BCUT2D eigenvalue weighted by Crippen LogP contribution is 2.22. The second-order valence-corrected chi connectivity index (χ2v) is 5.10. The van der Waals surface area contributed by atoms with Crippen molar-refractivity contribution >= 4 is 22.4 Å². The van der Waals surface area contributed by atoms with Crippen molar-refractivity contribution in [3.63, 3.8) is 0 Å². The van der Waals surface area contributed by atoms with Gasteiger partial charge >= 0.3 is 0 Å². The summed E-state index contributed by atoms with van der Waals surface area (Å²) in [5, 5.41) is 2.20. The zero-order chi connectivity index (χ0) is 11.5. The molecule has 2 heterocycles. The average molecular weight is 239 g/mol. The first-order valence-electron chi connectivity index (χ1n) is 5.71. The standard InChI is InChI=1S/C11H17N3OS/c1-2-8-3-5-14(6-4-8)10(15)9-7-16-11(12)13-9/h7-8H,2-6H2,1H3,(H2,12,13). The number of aromatic nitrogens is 1. The summed E-state index contributed by atoms with van der Waals surface area (Å²) in [5.74, 6) is 0.812. The van der Waals surface area contributed by atoms with Crippen molar-refractivity contribution < 1.29 is 4.79 Å². The van der Waals surface area contributed by atoms with E-state index < -0.39 is 0 Å². The molecule has 1 aromatic rings. The molecule has 0 bridgehead atoms. The lowest BCUT2D eigenvalue weighted by Gasteiger charge is -2.31. The summed E-state index contributed by atoms with van der Waals surface area (Å²) >= 11 is 1.32. The van der Waals surface area contributed by atoms with Crippen LogP contribution in [0.2, 0.25) is 0 Å². The molecule has 5 heteroatoms. The summed E-state index contributed by atoms with van der Waals surface area (Å²) in [4.78, 5) is 17.9. The number of rotatable bonds is 2. The highest BCUT2D eigenvalue weighted by atomic mass is 32.1. The number of carbonyl (C=O) groups is 1. The molecule has 1 aliphatic heterocycles. The van der Waals surface area contributed by atoms with Crippen molar-refractivity contribution in [3.8, 4) is 0 Å². The van der Waals surface area contributed by atoms with Crippen LogP contribution in [-0.2, 0) is 0 Å². The molecule has 4 nitrogen and oxygen atoms in total. The Hall–Kier alpha value is -1.10. The summed E-state index contributed by atoms with van der Waals surface area (Å²) in [5.41, 5.74) is 6.02. The molecule has 0 aliphatic carbocycles. The molecule has 0 spiro atoms. The molecule has 1 aliphatic rings. The van der Waals surface area contributed by atoms with Gasteiger partial charge in [0.1, 0.15) is 5.69 Å². The van der Waals surface area contributed by atoms with E-state index in [1.165, 1.54) is 17.8 Å². The number of hydrogen-bond acceptors (Lipinski definition) is 4. The quantitative estimate of drug-likeness (QED) is 0.858. The molecule has 0 unspecified atom stereocenters. The predicted octanol–water partition coefficient (Wildman–Crippen LogP) is 1.99. The Morgan fingerprint density at radius 3 is 2.81 bits per heavy atom. The third kappa shape index (κ3) is 2.35. The van der Waals surface area contributed by atoms with Crippen LogP contribution in [0.25, 0.3) is 0 Å². The number of amides is 1. The number of nitrogens with zero attached hydrogens (tertiary/aromatic N) is 2. The average Bonchev–Trinajstić information content (AvgIpc) is 2.75. The fourth-order valence-corrected chi connectivity index (χ4v) is 2.63. The van der Waals surface area contributed by atoms with Gasteiger partial charge in [-0.05, 0) is 18.8 Å². The molecule has 0 atom stereocenters. The lowest BCUT2D eigenvalue weighted by atomic mass is 9.94. The van der Waals surface area contributed by atoms with Crippen molar-refractivity contribution in [2.75, 3.05) is 18.8 Å². The van der Waals surface area contributed by atoms with Crippen LogP contribution < -0.4 is 5.73 Å². The third-order valence-electron chi connectivity index (χ3n) is 3.22. The van der Waals surface area contributed by atoms with E-state index in [0.717, 1.165) is 31.8 Å². The zero-order valence-corrected chi connectivity index (χ0v) is 10.3. The maximum Gasteiger partial charge on any atom is 0.273 e. The molecular formula is C11H17N3OS. The van der Waals surface area contributed by atoms with Gasteiger partial charge in [-0.2, -0.15) is 0 Å². The number of nitrogen functional groups attached to an aromatic ring is 1. The summed E-state index contributed by atoms with van der Waals surface area (Å²) in [6.45, 7) is 3.92. The van der Waals surface area contributed by atoms with E-state index >= 15 is 0 Å². The van der Waals surface area contributed by atoms with Crippen LogP contribution >= 0.6 is 11.3 Å². The number of likely N-dealkylation sites (tertiary alicyclic amines) is 1. The largest absolute Gasteiger partial charge is 0.375 e. The van der Waals surface area contributed by atoms with Gasteiger partial charge in [-0.1, -0.05) is 13.3 Å². The first kappa shape index (κ1) is 11.4. The third-order valence-corrected chi connectivity index (χ3v) is 3.89. The Kier molecular flexibility index (Phi) is 3.43. The fraction of sp³-hybridized carbons (Fsp3) is 0.636. The molecule has 88 valence electrons. The Morgan fingerprint density at radius 1 is 1.62 bits per heavy atom. The number of hydrogen-bond donors (Lipinski definition) is 1. The van der Waals surface area contributed by atoms with Gasteiger partial charge in [0.2, 0.25) is 0 Å². The van der Waals surface area contributed by atoms with Gasteiger partial charge in [0.25, 0.3) is 5.91 Å². The number of carbonyl (C=O) groups excluding carboxylic acids is 1. The molecule has 1 aromatic heterocycles. The van der Waals surface area contributed by atoms with E-state index in [1.807, 2.05) is 4.90 Å².